The van der Waals surface area contributed by atoms with Crippen LogP contribution < -0.4 is 5.32 Å². The number of thiazole rings is 1. The zero-order valence-corrected chi connectivity index (χ0v) is 8.01. The second-order valence-corrected chi connectivity index (χ2v) is 3.61. The fourth-order valence-electron chi connectivity index (χ4n) is 0.906. The molecule has 0 bridgehead atoms. The number of hydrogen-bond donors (Lipinski definition) is 2. The van der Waals surface area contributed by atoms with Crippen LogP contribution in [0, 0.1) is 0 Å². The van der Waals surface area contributed by atoms with E-state index in [-0.39, 0.29) is 6.42 Å². The molecule has 1 aromatic heterocycles. The lowest BCUT2D eigenvalue weighted by Gasteiger charge is -1.99. The number of aliphatic carboxylic acids is 1. The zero-order valence-electron chi connectivity index (χ0n) is 7.19. The summed E-state index contributed by atoms with van der Waals surface area (Å²) in [6.07, 6.45) is 2.72. The van der Waals surface area contributed by atoms with Crippen LogP contribution in [-0.4, -0.2) is 22.6 Å². The maximum Gasteiger partial charge on any atom is 0.303 e. The predicted molar refractivity (Wildman–Crippen MR) is 50.7 cm³/mol. The van der Waals surface area contributed by atoms with E-state index in [1.165, 1.54) is 4.88 Å². The minimum Gasteiger partial charge on any atom is -0.481 e. The molecule has 1 aromatic rings. The fourth-order valence-corrected chi connectivity index (χ4v) is 1.47. The first-order chi connectivity index (χ1) is 6.29. The Morgan fingerprint density at radius 2 is 2.54 bits per heavy atom. The first-order valence-electron chi connectivity index (χ1n) is 4.09. The first kappa shape index (κ1) is 10.1. The van der Waals surface area contributed by atoms with Crippen LogP contribution in [0.3, 0.4) is 0 Å². The lowest BCUT2D eigenvalue weighted by molar-refractivity contribution is -0.137. The maximum atomic E-state index is 10.2. The minimum absolute atomic E-state index is 0.232. The van der Waals surface area contributed by atoms with Gasteiger partial charge in [-0.1, -0.05) is 0 Å². The van der Waals surface area contributed by atoms with Gasteiger partial charge in [0.2, 0.25) is 0 Å². The predicted octanol–water partition coefficient (Wildman–Crippen LogP) is 1.10. The summed E-state index contributed by atoms with van der Waals surface area (Å²) >= 11 is 1.60. The van der Waals surface area contributed by atoms with E-state index in [1.54, 1.807) is 16.8 Å². The molecular formula is C8H12N2O2S. The van der Waals surface area contributed by atoms with Crippen molar-refractivity contribution < 1.29 is 9.90 Å². The summed E-state index contributed by atoms with van der Waals surface area (Å²) in [4.78, 5) is 15.3. The van der Waals surface area contributed by atoms with Crippen LogP contribution in [0.5, 0.6) is 0 Å². The summed E-state index contributed by atoms with van der Waals surface area (Å²) in [5.41, 5.74) is 1.79. The van der Waals surface area contributed by atoms with Crippen LogP contribution in [0.1, 0.15) is 17.7 Å². The maximum absolute atomic E-state index is 10.2. The van der Waals surface area contributed by atoms with Gasteiger partial charge in [-0.25, -0.2) is 0 Å². The Morgan fingerprint density at radius 3 is 3.15 bits per heavy atom. The van der Waals surface area contributed by atoms with Gasteiger partial charge < -0.3 is 10.4 Å². The van der Waals surface area contributed by atoms with E-state index in [0.717, 1.165) is 13.1 Å². The Balaban J connectivity index is 1.99. The van der Waals surface area contributed by atoms with Gasteiger partial charge in [-0.2, -0.15) is 0 Å². The highest BCUT2D eigenvalue weighted by molar-refractivity contribution is 7.09. The zero-order chi connectivity index (χ0) is 9.52. The van der Waals surface area contributed by atoms with E-state index in [1.807, 2.05) is 6.20 Å². The lowest BCUT2D eigenvalue weighted by atomic mass is 10.3. The molecule has 0 radical (unpaired) electrons. The highest BCUT2D eigenvalue weighted by Crippen LogP contribution is 2.03. The van der Waals surface area contributed by atoms with Gasteiger partial charge in [-0.05, 0) is 13.0 Å². The molecule has 0 aliphatic carbocycles. The van der Waals surface area contributed by atoms with Crippen LogP contribution in [0.25, 0.3) is 0 Å². The summed E-state index contributed by atoms with van der Waals surface area (Å²) in [5, 5.41) is 11.5. The molecule has 0 aromatic carbocycles. The highest BCUT2D eigenvalue weighted by atomic mass is 32.1. The molecule has 13 heavy (non-hydrogen) atoms. The molecular weight excluding hydrogens is 188 g/mol. The highest BCUT2D eigenvalue weighted by Gasteiger charge is 1.96. The van der Waals surface area contributed by atoms with E-state index >= 15 is 0 Å². The number of carboxylic acid groups (broad SMARTS) is 1. The van der Waals surface area contributed by atoms with Gasteiger partial charge in [0.1, 0.15) is 0 Å². The largest absolute Gasteiger partial charge is 0.481 e. The molecule has 0 aliphatic heterocycles. The quantitative estimate of drug-likeness (QED) is 0.675. The summed E-state index contributed by atoms with van der Waals surface area (Å²) in [6.45, 7) is 1.52. The lowest BCUT2D eigenvalue weighted by Crippen LogP contribution is -2.14. The molecule has 0 unspecified atom stereocenters. The van der Waals surface area contributed by atoms with Crippen molar-refractivity contribution >= 4 is 17.3 Å². The summed E-state index contributed by atoms with van der Waals surface area (Å²) in [7, 11) is 0. The third-order valence-electron chi connectivity index (χ3n) is 1.53. The van der Waals surface area contributed by atoms with Crippen LogP contribution in [0.2, 0.25) is 0 Å². The van der Waals surface area contributed by atoms with Gasteiger partial charge >= 0.3 is 5.97 Å². The van der Waals surface area contributed by atoms with Crippen molar-refractivity contribution in [2.24, 2.45) is 0 Å². The third kappa shape index (κ3) is 4.59. The monoisotopic (exact) mass is 200 g/mol. The van der Waals surface area contributed by atoms with E-state index < -0.39 is 5.97 Å². The molecule has 2 N–H and O–H groups in total. The molecule has 1 rings (SSSR count). The van der Waals surface area contributed by atoms with E-state index in [0.29, 0.717) is 6.42 Å². The van der Waals surface area contributed by atoms with Crippen molar-refractivity contribution in [2.75, 3.05) is 6.54 Å². The summed E-state index contributed by atoms with van der Waals surface area (Å²) in [6, 6.07) is 0. The van der Waals surface area contributed by atoms with Gasteiger partial charge in [0, 0.05) is 24.0 Å². The Morgan fingerprint density at radius 1 is 1.69 bits per heavy atom. The number of carboxylic acids is 1. The van der Waals surface area contributed by atoms with E-state index in [4.69, 9.17) is 5.11 Å². The summed E-state index contributed by atoms with van der Waals surface area (Å²) < 4.78 is 0. The van der Waals surface area contributed by atoms with Gasteiger partial charge in [-0.15, -0.1) is 11.3 Å². The van der Waals surface area contributed by atoms with Crippen molar-refractivity contribution in [3.8, 4) is 0 Å². The summed E-state index contributed by atoms with van der Waals surface area (Å²) in [5.74, 6) is -0.736. The Kier molecular flexibility index (Phi) is 4.42. The van der Waals surface area contributed by atoms with Crippen molar-refractivity contribution in [1.82, 2.24) is 10.3 Å². The van der Waals surface area contributed by atoms with Crippen LogP contribution in [0.4, 0.5) is 0 Å². The van der Waals surface area contributed by atoms with Crippen LogP contribution >= 0.6 is 11.3 Å². The molecule has 0 fully saturated rings. The van der Waals surface area contributed by atoms with Crippen molar-refractivity contribution in [1.29, 1.82) is 0 Å². The Labute approximate surface area is 80.6 Å². The number of carbonyl (C=O) groups is 1. The average Bonchev–Trinajstić information content (AvgIpc) is 2.55. The number of rotatable bonds is 6. The Hall–Kier alpha value is -0.940. The van der Waals surface area contributed by atoms with Crippen LogP contribution in [-0.2, 0) is 11.3 Å². The molecule has 5 heteroatoms. The number of nitrogens with zero attached hydrogens (tertiary/aromatic N) is 1. The van der Waals surface area contributed by atoms with Crippen LogP contribution in [0.15, 0.2) is 11.7 Å². The molecule has 72 valence electrons. The van der Waals surface area contributed by atoms with Crippen molar-refractivity contribution in [3.05, 3.63) is 16.6 Å². The van der Waals surface area contributed by atoms with E-state index in [2.05, 4.69) is 10.3 Å². The molecule has 0 saturated heterocycles. The van der Waals surface area contributed by atoms with E-state index in [9.17, 15) is 4.79 Å². The van der Waals surface area contributed by atoms with Gasteiger partial charge in [0.15, 0.2) is 0 Å². The molecule has 0 saturated carbocycles. The number of nitrogens with one attached hydrogen (secondary N) is 1. The Bertz CT molecular complexity index is 249. The SMILES string of the molecule is O=C(O)CCCNCc1cncs1. The van der Waals surface area contributed by atoms with Crippen molar-refractivity contribution in [2.45, 2.75) is 19.4 Å². The second-order valence-electron chi connectivity index (χ2n) is 2.64. The normalized spacial score (nSPS) is 10.2. The second kappa shape index (κ2) is 5.66. The molecule has 0 aliphatic rings. The molecule has 0 amide bonds. The van der Waals surface area contributed by atoms with Gasteiger partial charge in [-0.3, -0.25) is 9.78 Å². The van der Waals surface area contributed by atoms with Gasteiger partial charge in [0.05, 0.1) is 5.51 Å². The third-order valence-corrected chi connectivity index (χ3v) is 2.31. The first-order valence-corrected chi connectivity index (χ1v) is 4.97. The molecule has 1 heterocycles. The van der Waals surface area contributed by atoms with Gasteiger partial charge in [0.25, 0.3) is 0 Å². The smallest absolute Gasteiger partial charge is 0.303 e. The number of hydrogen-bond acceptors (Lipinski definition) is 4. The molecule has 0 spiro atoms. The average molecular weight is 200 g/mol. The standard InChI is InChI=1S/C8H12N2O2S/c11-8(12)2-1-3-9-4-7-5-10-6-13-7/h5-6,9H,1-4H2,(H,11,12). The minimum atomic E-state index is -0.736. The number of aromatic nitrogens is 1. The topological polar surface area (TPSA) is 62.2 Å². The molecule has 0 atom stereocenters. The fraction of sp³-hybridized carbons (Fsp3) is 0.500. The van der Waals surface area contributed by atoms with Crippen molar-refractivity contribution in [3.63, 3.8) is 0 Å². The molecule has 4 nitrogen and oxygen atoms in total.